The van der Waals surface area contributed by atoms with E-state index >= 15 is 0 Å². The van der Waals surface area contributed by atoms with Gasteiger partial charge in [0, 0.05) is 5.92 Å². The van der Waals surface area contributed by atoms with Gasteiger partial charge in [-0.1, -0.05) is 75.7 Å². The molecule has 0 saturated heterocycles. The Bertz CT molecular complexity index is 1020. The summed E-state index contributed by atoms with van der Waals surface area (Å²) in [5.41, 5.74) is 1.78. The highest BCUT2D eigenvalue weighted by molar-refractivity contribution is 5.94. The van der Waals surface area contributed by atoms with Crippen molar-refractivity contribution in [1.82, 2.24) is 10.6 Å². The summed E-state index contributed by atoms with van der Waals surface area (Å²) >= 11 is 0. The molecule has 3 rings (SSSR count). The Balaban J connectivity index is 1.73. The van der Waals surface area contributed by atoms with E-state index in [1.54, 1.807) is 13.8 Å². The van der Waals surface area contributed by atoms with Crippen molar-refractivity contribution < 1.29 is 24.2 Å². The predicted molar refractivity (Wildman–Crippen MR) is 131 cm³/mol. The zero-order valence-corrected chi connectivity index (χ0v) is 20.3. The third-order valence-corrected chi connectivity index (χ3v) is 6.94. The van der Waals surface area contributed by atoms with E-state index < -0.39 is 29.0 Å². The summed E-state index contributed by atoms with van der Waals surface area (Å²) in [5, 5.41) is 15.0. The van der Waals surface area contributed by atoms with Crippen LogP contribution in [0.1, 0.15) is 70.4 Å². The number of ether oxygens (including phenoxy) is 1. The summed E-state index contributed by atoms with van der Waals surface area (Å²) in [4.78, 5) is 37.9. The molecule has 0 spiro atoms. The van der Waals surface area contributed by atoms with Gasteiger partial charge in [0.1, 0.15) is 17.7 Å². The molecule has 0 fully saturated rings. The summed E-state index contributed by atoms with van der Waals surface area (Å²) < 4.78 is 5.63. The second-order valence-corrected chi connectivity index (χ2v) is 9.08. The quantitative estimate of drug-likeness (QED) is 0.465. The van der Waals surface area contributed by atoms with Gasteiger partial charge in [0.25, 0.3) is 0 Å². The standard InChI is InChI=1S/C27H34N2O5/c1-5-16-26(4,24(31)32)28-23(30)27(6-2,7-3)29-25(33)34-17-22-20-14-10-8-12-18(20)19-13-9-11-15-21(19)22/h8-15,22H,5-7,16-17H2,1-4H3,(H,28,30)(H,29,33)(H,31,32). The summed E-state index contributed by atoms with van der Waals surface area (Å²) in [6, 6.07) is 16.1. The molecule has 0 saturated carbocycles. The number of carbonyl (C=O) groups excluding carboxylic acids is 2. The van der Waals surface area contributed by atoms with Gasteiger partial charge >= 0.3 is 12.1 Å². The van der Waals surface area contributed by atoms with Gasteiger partial charge in [0.2, 0.25) is 5.91 Å². The Morgan fingerprint density at radius 3 is 1.91 bits per heavy atom. The normalized spacial score (nSPS) is 14.5. The van der Waals surface area contributed by atoms with E-state index in [0.717, 1.165) is 22.3 Å². The van der Waals surface area contributed by atoms with Crippen LogP contribution < -0.4 is 10.6 Å². The predicted octanol–water partition coefficient (Wildman–Crippen LogP) is 4.84. The Hall–Kier alpha value is -3.35. The summed E-state index contributed by atoms with van der Waals surface area (Å²) in [5.74, 6) is -1.72. The molecule has 7 nitrogen and oxygen atoms in total. The maximum absolute atomic E-state index is 13.2. The SMILES string of the molecule is CCCC(C)(NC(=O)C(CC)(CC)NC(=O)OCC1c2ccccc2-c2ccccc21)C(=O)O. The highest BCUT2D eigenvalue weighted by Gasteiger charge is 2.43. The minimum atomic E-state index is -1.41. The van der Waals surface area contributed by atoms with Crippen molar-refractivity contribution in [2.24, 2.45) is 0 Å². The second kappa shape index (κ2) is 10.3. The van der Waals surface area contributed by atoms with Gasteiger partial charge in [0.15, 0.2) is 0 Å². The number of fused-ring (bicyclic) bond motifs is 3. The van der Waals surface area contributed by atoms with Crippen LogP contribution in [-0.2, 0) is 14.3 Å². The number of carbonyl (C=O) groups is 3. The van der Waals surface area contributed by atoms with Crippen LogP contribution in [0.5, 0.6) is 0 Å². The Morgan fingerprint density at radius 2 is 1.44 bits per heavy atom. The fraction of sp³-hybridized carbons (Fsp3) is 0.444. The summed E-state index contributed by atoms with van der Waals surface area (Å²) in [6.07, 6.45) is 0.757. The van der Waals surface area contributed by atoms with Gasteiger partial charge in [-0.15, -0.1) is 0 Å². The zero-order chi connectivity index (χ0) is 24.9. The van der Waals surface area contributed by atoms with Crippen molar-refractivity contribution in [3.8, 4) is 11.1 Å². The second-order valence-electron chi connectivity index (χ2n) is 9.08. The van der Waals surface area contributed by atoms with Crippen LogP contribution in [0.4, 0.5) is 4.79 Å². The maximum Gasteiger partial charge on any atom is 0.408 e. The fourth-order valence-corrected chi connectivity index (χ4v) is 4.73. The first-order chi connectivity index (χ1) is 16.2. The van der Waals surface area contributed by atoms with Gasteiger partial charge in [-0.2, -0.15) is 0 Å². The molecule has 2 aromatic rings. The molecule has 0 radical (unpaired) electrons. The number of carboxylic acids is 1. The number of amides is 2. The monoisotopic (exact) mass is 466 g/mol. The number of rotatable bonds is 10. The molecule has 1 aliphatic rings. The summed E-state index contributed by atoms with van der Waals surface area (Å²) in [6.45, 7) is 7.04. The number of nitrogens with one attached hydrogen (secondary N) is 2. The molecule has 1 unspecified atom stereocenters. The van der Waals surface area contributed by atoms with Crippen LogP contribution in [0, 0.1) is 0 Å². The van der Waals surface area contributed by atoms with E-state index in [1.165, 1.54) is 6.92 Å². The molecule has 34 heavy (non-hydrogen) atoms. The lowest BCUT2D eigenvalue weighted by Gasteiger charge is -2.35. The third-order valence-electron chi connectivity index (χ3n) is 6.94. The van der Waals surface area contributed by atoms with Crippen molar-refractivity contribution >= 4 is 18.0 Å². The first-order valence-electron chi connectivity index (χ1n) is 11.9. The lowest BCUT2D eigenvalue weighted by Crippen LogP contribution is -2.64. The highest BCUT2D eigenvalue weighted by atomic mass is 16.5. The van der Waals surface area contributed by atoms with Crippen molar-refractivity contribution in [2.45, 2.75) is 70.4 Å². The van der Waals surface area contributed by atoms with Crippen LogP contribution in [0.3, 0.4) is 0 Å². The number of hydrogen-bond donors (Lipinski definition) is 3. The Labute approximate surface area is 200 Å². The van der Waals surface area contributed by atoms with E-state index in [0.29, 0.717) is 19.3 Å². The molecule has 0 aliphatic heterocycles. The molecular weight excluding hydrogens is 432 g/mol. The minimum Gasteiger partial charge on any atom is -0.480 e. The molecule has 2 aromatic carbocycles. The van der Waals surface area contributed by atoms with Crippen LogP contribution in [-0.4, -0.2) is 40.8 Å². The highest BCUT2D eigenvalue weighted by Crippen LogP contribution is 2.44. The van der Waals surface area contributed by atoms with E-state index in [4.69, 9.17) is 4.74 Å². The van der Waals surface area contributed by atoms with Gasteiger partial charge in [-0.3, -0.25) is 4.79 Å². The molecule has 3 N–H and O–H groups in total. The lowest BCUT2D eigenvalue weighted by atomic mass is 9.88. The van der Waals surface area contributed by atoms with E-state index in [-0.39, 0.29) is 18.9 Å². The third kappa shape index (κ3) is 4.79. The van der Waals surface area contributed by atoms with Crippen molar-refractivity contribution in [3.63, 3.8) is 0 Å². The van der Waals surface area contributed by atoms with Crippen LogP contribution in [0.25, 0.3) is 11.1 Å². The number of hydrogen-bond acceptors (Lipinski definition) is 4. The summed E-state index contributed by atoms with van der Waals surface area (Å²) in [7, 11) is 0. The molecule has 2 amide bonds. The smallest absolute Gasteiger partial charge is 0.408 e. The molecular formula is C27H34N2O5. The van der Waals surface area contributed by atoms with Crippen molar-refractivity contribution in [3.05, 3.63) is 59.7 Å². The largest absolute Gasteiger partial charge is 0.480 e. The number of aliphatic carboxylic acids is 1. The van der Waals surface area contributed by atoms with Gasteiger partial charge in [0.05, 0.1) is 0 Å². The molecule has 7 heteroatoms. The molecule has 0 heterocycles. The zero-order valence-electron chi connectivity index (χ0n) is 20.3. The Kier molecular flexibility index (Phi) is 7.64. The number of carboxylic acid groups (broad SMARTS) is 1. The lowest BCUT2D eigenvalue weighted by molar-refractivity contribution is -0.148. The average Bonchev–Trinajstić information content (AvgIpc) is 3.15. The molecule has 1 aliphatic carbocycles. The molecule has 0 aromatic heterocycles. The van der Waals surface area contributed by atoms with E-state index in [9.17, 15) is 19.5 Å². The van der Waals surface area contributed by atoms with E-state index in [1.807, 2.05) is 43.3 Å². The average molecular weight is 467 g/mol. The van der Waals surface area contributed by atoms with Gasteiger partial charge < -0.3 is 20.5 Å². The van der Waals surface area contributed by atoms with Crippen LogP contribution >= 0.6 is 0 Å². The molecule has 182 valence electrons. The van der Waals surface area contributed by atoms with Crippen molar-refractivity contribution in [1.29, 1.82) is 0 Å². The van der Waals surface area contributed by atoms with Crippen LogP contribution in [0.2, 0.25) is 0 Å². The molecule has 1 atom stereocenters. The first-order valence-corrected chi connectivity index (χ1v) is 11.9. The Morgan fingerprint density at radius 1 is 0.912 bits per heavy atom. The number of alkyl carbamates (subject to hydrolysis) is 1. The number of benzene rings is 2. The van der Waals surface area contributed by atoms with Gasteiger partial charge in [-0.25, -0.2) is 9.59 Å². The van der Waals surface area contributed by atoms with E-state index in [2.05, 4.69) is 22.8 Å². The topological polar surface area (TPSA) is 105 Å². The van der Waals surface area contributed by atoms with Crippen LogP contribution in [0.15, 0.2) is 48.5 Å². The molecule has 0 bridgehead atoms. The van der Waals surface area contributed by atoms with Gasteiger partial charge in [-0.05, 0) is 48.4 Å². The fourth-order valence-electron chi connectivity index (χ4n) is 4.73. The van der Waals surface area contributed by atoms with Crippen molar-refractivity contribution in [2.75, 3.05) is 6.61 Å². The first kappa shape index (κ1) is 25.3. The maximum atomic E-state index is 13.2. The minimum absolute atomic E-state index is 0.0931.